The van der Waals surface area contributed by atoms with E-state index in [1.165, 1.54) is 92.4 Å². The van der Waals surface area contributed by atoms with E-state index < -0.39 is 0 Å². The van der Waals surface area contributed by atoms with Crippen LogP contribution in [0.1, 0.15) is 52.7 Å². The number of aromatic nitrogens is 3. The second-order valence-corrected chi connectivity index (χ2v) is 19.3. The smallest absolute Gasteiger partial charge is 0.146 e. The Morgan fingerprint density at radius 3 is 1.66 bits per heavy atom. The number of para-hydroxylation sites is 2. The van der Waals surface area contributed by atoms with E-state index in [4.69, 9.17) is 4.98 Å². The van der Waals surface area contributed by atoms with Gasteiger partial charge < -0.3 is 9.30 Å². The van der Waals surface area contributed by atoms with E-state index >= 15 is 0 Å². The molecule has 0 aliphatic carbocycles. The minimum Gasteiger partial charge on any atom is -0.308 e. The molecule has 0 aliphatic heterocycles. The monoisotopic (exact) mass is 784 g/mol. The summed E-state index contributed by atoms with van der Waals surface area (Å²) in [6.07, 6.45) is 0. The van der Waals surface area contributed by atoms with Crippen molar-refractivity contribution in [1.29, 1.82) is 0 Å². The first kappa shape index (κ1) is 34.7. The summed E-state index contributed by atoms with van der Waals surface area (Å²) in [5.74, 6) is 0. The molecule has 0 saturated carbocycles. The van der Waals surface area contributed by atoms with Gasteiger partial charge in [-0.25, -0.2) is 4.98 Å². The Bertz CT molecular complexity index is 3890. The largest absolute Gasteiger partial charge is 0.308 e. The SMILES string of the molecule is CC(C)(C)c1cc(N(c2ccccc2)c2ccccc2)c2c(c1)c1c3ccccc3cc3c4nc5c(cc4n2c31)c1cc(C(C)(C)C)cc2c3c4ccccc4ccc3n5c12. The molecular formula is C57H44N4. The zero-order valence-corrected chi connectivity index (χ0v) is 35.3. The van der Waals surface area contributed by atoms with Crippen molar-refractivity contribution in [3.63, 3.8) is 0 Å². The molecule has 0 bridgehead atoms. The van der Waals surface area contributed by atoms with Gasteiger partial charge in [0.1, 0.15) is 5.65 Å². The van der Waals surface area contributed by atoms with Crippen LogP contribution >= 0.6 is 0 Å². The highest BCUT2D eigenvalue weighted by molar-refractivity contribution is 6.34. The molecule has 5 heterocycles. The van der Waals surface area contributed by atoms with Gasteiger partial charge in [-0.05, 0) is 110 Å². The third kappa shape index (κ3) is 4.62. The molecule has 292 valence electrons. The van der Waals surface area contributed by atoms with E-state index in [1.54, 1.807) is 0 Å². The summed E-state index contributed by atoms with van der Waals surface area (Å²) in [6.45, 7) is 14.0. The standard InChI is InChI=1S/C57H44N4/c1-56(2,3)35-28-41-42-32-47-51(58-55(42)61-46-26-25-33-17-13-15-23-39(33)49(46)43(29-35)52(41)61)45-27-34-18-14-16-24-40(34)50-44-30-36(57(4,5)6)31-48(53(44)60(47)54(45)50)59(37-19-9-7-10-20-37)38-21-11-8-12-22-38/h7-32H,1-6H3. The van der Waals surface area contributed by atoms with Crippen LogP contribution in [-0.2, 0) is 10.8 Å². The molecule has 0 saturated heterocycles. The maximum Gasteiger partial charge on any atom is 0.146 e. The Balaban J connectivity index is 1.27. The molecule has 0 amide bonds. The first-order chi connectivity index (χ1) is 29.5. The van der Waals surface area contributed by atoms with Crippen LogP contribution in [0.25, 0.3) is 98.0 Å². The van der Waals surface area contributed by atoms with Gasteiger partial charge in [0.05, 0.1) is 38.8 Å². The van der Waals surface area contributed by atoms with E-state index in [0.717, 1.165) is 33.7 Å². The molecule has 0 atom stereocenters. The Labute approximate surface area is 353 Å². The maximum atomic E-state index is 5.87. The molecule has 0 N–H and O–H groups in total. The van der Waals surface area contributed by atoms with Gasteiger partial charge in [-0.15, -0.1) is 0 Å². The van der Waals surface area contributed by atoms with Crippen LogP contribution in [-0.4, -0.2) is 13.8 Å². The summed E-state index contributed by atoms with van der Waals surface area (Å²) in [4.78, 5) is 8.33. The molecule has 0 spiro atoms. The highest BCUT2D eigenvalue weighted by Gasteiger charge is 2.30. The van der Waals surface area contributed by atoms with Crippen LogP contribution in [0.4, 0.5) is 17.1 Å². The predicted molar refractivity (Wildman–Crippen MR) is 261 cm³/mol. The van der Waals surface area contributed by atoms with Crippen molar-refractivity contribution in [2.24, 2.45) is 0 Å². The predicted octanol–water partition coefficient (Wildman–Crippen LogP) is 15.8. The number of hydrogen-bond donors (Lipinski definition) is 0. The topological polar surface area (TPSA) is 25.0 Å². The van der Waals surface area contributed by atoms with Crippen molar-refractivity contribution in [1.82, 2.24) is 13.8 Å². The van der Waals surface area contributed by atoms with Crippen molar-refractivity contribution in [2.75, 3.05) is 4.90 Å². The van der Waals surface area contributed by atoms with Crippen molar-refractivity contribution >= 4 is 115 Å². The molecular weight excluding hydrogens is 741 g/mol. The zero-order valence-electron chi connectivity index (χ0n) is 35.3. The quantitative estimate of drug-likeness (QED) is 0.178. The molecule has 4 heteroatoms. The van der Waals surface area contributed by atoms with Crippen LogP contribution in [0.3, 0.4) is 0 Å². The van der Waals surface area contributed by atoms with E-state index in [-0.39, 0.29) is 10.8 Å². The van der Waals surface area contributed by atoms with E-state index in [2.05, 4.69) is 213 Å². The molecule has 0 radical (unpaired) electrons. The summed E-state index contributed by atoms with van der Waals surface area (Å²) < 4.78 is 5.03. The molecule has 61 heavy (non-hydrogen) atoms. The fraction of sp³-hybridized carbons (Fsp3) is 0.140. The normalized spacial score (nSPS) is 13.1. The highest BCUT2D eigenvalue weighted by atomic mass is 15.2. The molecule has 0 unspecified atom stereocenters. The van der Waals surface area contributed by atoms with E-state index in [9.17, 15) is 0 Å². The second kappa shape index (κ2) is 11.8. The van der Waals surface area contributed by atoms with Crippen LogP contribution < -0.4 is 4.90 Å². The van der Waals surface area contributed by atoms with Gasteiger partial charge in [-0.2, -0.15) is 0 Å². The summed E-state index contributed by atoms with van der Waals surface area (Å²) in [5, 5.41) is 13.8. The Morgan fingerprint density at radius 1 is 0.410 bits per heavy atom. The van der Waals surface area contributed by atoms with Crippen molar-refractivity contribution < 1.29 is 0 Å². The second-order valence-electron chi connectivity index (χ2n) is 19.3. The third-order valence-electron chi connectivity index (χ3n) is 13.6. The molecule has 0 fully saturated rings. The highest BCUT2D eigenvalue weighted by Crippen LogP contribution is 2.51. The number of hydrogen-bond acceptors (Lipinski definition) is 2. The number of pyridine rings is 1. The Kier molecular flexibility index (Phi) is 6.69. The van der Waals surface area contributed by atoms with Gasteiger partial charge in [0.15, 0.2) is 0 Å². The summed E-state index contributed by atoms with van der Waals surface area (Å²) >= 11 is 0. The summed E-state index contributed by atoms with van der Waals surface area (Å²) in [7, 11) is 0. The van der Waals surface area contributed by atoms with E-state index in [0.29, 0.717) is 0 Å². The number of anilines is 3. The first-order valence-electron chi connectivity index (χ1n) is 21.6. The number of rotatable bonds is 3. The minimum absolute atomic E-state index is 0.0479. The lowest BCUT2D eigenvalue weighted by Crippen LogP contribution is -2.15. The minimum atomic E-state index is -0.0980. The van der Waals surface area contributed by atoms with Gasteiger partial charge in [0.2, 0.25) is 0 Å². The average molecular weight is 785 g/mol. The van der Waals surface area contributed by atoms with Gasteiger partial charge in [0.25, 0.3) is 0 Å². The average Bonchev–Trinajstić information content (AvgIpc) is 3.98. The maximum absolute atomic E-state index is 5.87. The molecule has 4 nitrogen and oxygen atoms in total. The Morgan fingerprint density at radius 2 is 0.984 bits per heavy atom. The summed E-state index contributed by atoms with van der Waals surface area (Å²) in [6, 6.07) is 58.8. The van der Waals surface area contributed by atoms with Crippen LogP contribution in [0.5, 0.6) is 0 Å². The van der Waals surface area contributed by atoms with E-state index in [1.807, 2.05) is 0 Å². The summed E-state index contributed by atoms with van der Waals surface area (Å²) in [5.41, 5.74) is 13.9. The number of fused-ring (bicyclic) bond motifs is 16. The first-order valence-corrected chi connectivity index (χ1v) is 21.6. The fourth-order valence-electron chi connectivity index (χ4n) is 10.6. The number of nitrogens with zero attached hydrogens (tertiary/aromatic N) is 4. The lowest BCUT2D eigenvalue weighted by molar-refractivity contribution is 0.591. The molecule has 0 aliphatic rings. The molecule has 13 rings (SSSR count). The molecule has 8 aromatic carbocycles. The number of benzene rings is 8. The van der Waals surface area contributed by atoms with Crippen LogP contribution in [0.15, 0.2) is 158 Å². The van der Waals surface area contributed by atoms with Crippen molar-refractivity contribution in [2.45, 2.75) is 52.4 Å². The molecule has 5 aromatic heterocycles. The van der Waals surface area contributed by atoms with Gasteiger partial charge in [-0.3, -0.25) is 4.40 Å². The lowest BCUT2D eigenvalue weighted by atomic mass is 9.85. The van der Waals surface area contributed by atoms with Crippen molar-refractivity contribution in [3.8, 4) is 0 Å². The fourth-order valence-corrected chi connectivity index (χ4v) is 10.6. The van der Waals surface area contributed by atoms with Gasteiger partial charge >= 0.3 is 0 Å². The van der Waals surface area contributed by atoms with Gasteiger partial charge in [0, 0.05) is 49.1 Å². The van der Waals surface area contributed by atoms with Crippen LogP contribution in [0.2, 0.25) is 0 Å². The third-order valence-corrected chi connectivity index (χ3v) is 13.6. The van der Waals surface area contributed by atoms with Crippen molar-refractivity contribution in [3.05, 3.63) is 169 Å². The Hall–Kier alpha value is -7.17. The van der Waals surface area contributed by atoms with Crippen LogP contribution in [0, 0.1) is 0 Å². The lowest BCUT2D eigenvalue weighted by Gasteiger charge is -2.29. The molecule has 13 aromatic rings. The zero-order chi connectivity index (χ0) is 41.1. The van der Waals surface area contributed by atoms with Gasteiger partial charge in [-0.1, -0.05) is 133 Å².